The Labute approximate surface area is 165 Å². The van der Waals surface area contributed by atoms with Gasteiger partial charge in [0, 0.05) is 48.9 Å². The number of benzene rings is 2. The Morgan fingerprint density at radius 3 is 2.75 bits per heavy atom. The van der Waals surface area contributed by atoms with E-state index in [9.17, 15) is 9.59 Å². The Balaban J connectivity index is 1.44. The third-order valence-corrected chi connectivity index (χ3v) is 5.77. The van der Waals surface area contributed by atoms with Crippen LogP contribution in [0.15, 0.2) is 48.5 Å². The molecular weight excluding hydrogens is 354 g/mol. The zero-order valence-electron chi connectivity index (χ0n) is 16.3. The zero-order chi connectivity index (χ0) is 19.7. The maximum atomic E-state index is 12.7. The third kappa shape index (κ3) is 3.42. The number of hydrogen-bond donors (Lipinski definition) is 1. The number of methoxy groups -OCH3 is 1. The minimum Gasteiger partial charge on any atom is -0.497 e. The van der Waals surface area contributed by atoms with Gasteiger partial charge in [-0.25, -0.2) is 4.79 Å². The van der Waals surface area contributed by atoms with E-state index in [0.717, 1.165) is 17.7 Å². The highest BCUT2D eigenvalue weighted by atomic mass is 16.5. The molecule has 1 atom stereocenters. The van der Waals surface area contributed by atoms with Crippen LogP contribution in [0.4, 0.5) is 16.2 Å². The summed E-state index contributed by atoms with van der Waals surface area (Å²) in [6, 6.07) is 15.1. The highest BCUT2D eigenvalue weighted by Crippen LogP contribution is 2.42. The van der Waals surface area contributed by atoms with Gasteiger partial charge in [0.05, 0.1) is 7.11 Å². The molecule has 0 unspecified atom stereocenters. The Bertz CT molecular complexity index is 913. The summed E-state index contributed by atoms with van der Waals surface area (Å²) in [5.74, 6) is 0.843. The Kier molecular flexibility index (Phi) is 4.71. The average Bonchev–Trinajstić information content (AvgIpc) is 3.25. The molecule has 28 heavy (non-hydrogen) atoms. The summed E-state index contributed by atoms with van der Waals surface area (Å²) in [5.41, 5.74) is 2.61. The summed E-state index contributed by atoms with van der Waals surface area (Å²) < 4.78 is 5.21. The van der Waals surface area contributed by atoms with E-state index >= 15 is 0 Å². The number of likely N-dealkylation sites (tertiary alicyclic amines) is 1. The van der Waals surface area contributed by atoms with Gasteiger partial charge in [0.2, 0.25) is 5.91 Å². The van der Waals surface area contributed by atoms with Crippen molar-refractivity contribution in [1.82, 2.24) is 4.90 Å². The molecule has 2 aliphatic rings. The fourth-order valence-corrected chi connectivity index (χ4v) is 4.27. The summed E-state index contributed by atoms with van der Waals surface area (Å²) in [5, 5.41) is 2.94. The first kappa shape index (κ1) is 18.3. The number of amides is 3. The highest BCUT2D eigenvalue weighted by Gasteiger charge is 2.49. The minimum absolute atomic E-state index is 0.132. The van der Waals surface area contributed by atoms with E-state index in [1.165, 1.54) is 0 Å². The Hall–Kier alpha value is -3.02. The van der Waals surface area contributed by atoms with Crippen molar-refractivity contribution in [3.05, 3.63) is 54.1 Å². The van der Waals surface area contributed by atoms with E-state index < -0.39 is 0 Å². The minimum atomic E-state index is -0.162. The van der Waals surface area contributed by atoms with Gasteiger partial charge >= 0.3 is 6.03 Å². The Morgan fingerprint density at radius 2 is 1.96 bits per heavy atom. The van der Waals surface area contributed by atoms with Crippen molar-refractivity contribution < 1.29 is 14.3 Å². The Morgan fingerprint density at radius 1 is 1.14 bits per heavy atom. The topological polar surface area (TPSA) is 61.9 Å². The van der Waals surface area contributed by atoms with E-state index in [-0.39, 0.29) is 17.4 Å². The first-order chi connectivity index (χ1) is 13.5. The molecule has 146 valence electrons. The molecule has 2 saturated heterocycles. The predicted molar refractivity (Wildman–Crippen MR) is 109 cm³/mol. The van der Waals surface area contributed by atoms with Gasteiger partial charge in [0.25, 0.3) is 0 Å². The van der Waals surface area contributed by atoms with Crippen molar-refractivity contribution in [2.45, 2.75) is 19.8 Å². The number of urea groups is 1. The zero-order valence-corrected chi connectivity index (χ0v) is 16.3. The second kappa shape index (κ2) is 7.19. The van der Waals surface area contributed by atoms with Gasteiger partial charge in [-0.2, -0.15) is 0 Å². The fraction of sp³-hybridized carbons (Fsp3) is 0.364. The number of rotatable bonds is 3. The maximum Gasteiger partial charge on any atom is 0.321 e. The summed E-state index contributed by atoms with van der Waals surface area (Å²) in [6.45, 7) is 3.94. The number of aryl methyl sites for hydroxylation is 1. The molecule has 2 aromatic carbocycles. The number of carbonyl (C=O) groups is 2. The van der Waals surface area contributed by atoms with Crippen LogP contribution >= 0.6 is 0 Å². The van der Waals surface area contributed by atoms with Gasteiger partial charge in [-0.3, -0.25) is 4.79 Å². The van der Waals surface area contributed by atoms with Crippen LogP contribution < -0.4 is 15.0 Å². The van der Waals surface area contributed by atoms with Gasteiger partial charge in [0.1, 0.15) is 5.75 Å². The van der Waals surface area contributed by atoms with Crippen molar-refractivity contribution in [3.63, 3.8) is 0 Å². The summed E-state index contributed by atoms with van der Waals surface area (Å²) in [7, 11) is 1.60. The largest absolute Gasteiger partial charge is 0.497 e. The molecule has 0 aromatic heterocycles. The second-order valence-corrected chi connectivity index (χ2v) is 7.78. The lowest BCUT2D eigenvalue weighted by Gasteiger charge is -2.25. The molecule has 2 fully saturated rings. The lowest BCUT2D eigenvalue weighted by Crippen LogP contribution is -2.36. The van der Waals surface area contributed by atoms with Gasteiger partial charge in [-0.15, -0.1) is 0 Å². The monoisotopic (exact) mass is 379 g/mol. The molecule has 2 heterocycles. The summed E-state index contributed by atoms with van der Waals surface area (Å²) in [4.78, 5) is 29.1. The van der Waals surface area contributed by atoms with Crippen LogP contribution in [0.3, 0.4) is 0 Å². The van der Waals surface area contributed by atoms with Gasteiger partial charge in [-0.1, -0.05) is 24.3 Å². The van der Waals surface area contributed by atoms with Crippen LogP contribution in [0.2, 0.25) is 0 Å². The SMILES string of the molecule is COc1cccc(NC(=O)N2CC[C@@]3(CC(=O)N(c4ccccc4C)C3)C2)c1. The van der Waals surface area contributed by atoms with E-state index in [2.05, 4.69) is 5.32 Å². The molecule has 1 spiro atoms. The normalized spacial score (nSPS) is 21.4. The molecule has 3 amide bonds. The van der Waals surface area contributed by atoms with Crippen molar-refractivity contribution in [2.24, 2.45) is 5.41 Å². The van der Waals surface area contributed by atoms with Crippen LogP contribution in [-0.2, 0) is 4.79 Å². The van der Waals surface area contributed by atoms with Crippen molar-refractivity contribution in [2.75, 3.05) is 37.0 Å². The molecule has 1 N–H and O–H groups in total. The van der Waals surface area contributed by atoms with Crippen molar-refractivity contribution >= 4 is 23.3 Å². The molecule has 0 radical (unpaired) electrons. The smallest absolute Gasteiger partial charge is 0.321 e. The standard InChI is InChI=1S/C22H25N3O3/c1-16-6-3-4-9-19(16)25-15-22(13-20(25)26)10-11-24(14-22)21(27)23-17-7-5-8-18(12-17)28-2/h3-9,12H,10-11,13-15H2,1-2H3,(H,23,27)/t22-/m1/s1. The van der Waals surface area contributed by atoms with Crippen LogP contribution in [0.5, 0.6) is 5.75 Å². The third-order valence-electron chi connectivity index (χ3n) is 5.77. The number of hydrogen-bond acceptors (Lipinski definition) is 3. The van der Waals surface area contributed by atoms with Crippen LogP contribution in [-0.4, -0.2) is 43.6 Å². The lowest BCUT2D eigenvalue weighted by molar-refractivity contribution is -0.117. The van der Waals surface area contributed by atoms with E-state index in [4.69, 9.17) is 4.74 Å². The number of anilines is 2. The molecule has 4 rings (SSSR count). The number of nitrogens with zero attached hydrogens (tertiary/aromatic N) is 2. The quantitative estimate of drug-likeness (QED) is 0.885. The van der Waals surface area contributed by atoms with Gasteiger partial charge in [-0.05, 0) is 37.1 Å². The van der Waals surface area contributed by atoms with Crippen LogP contribution in [0.1, 0.15) is 18.4 Å². The second-order valence-electron chi connectivity index (χ2n) is 7.78. The van der Waals surface area contributed by atoms with Crippen LogP contribution in [0, 0.1) is 12.3 Å². The highest BCUT2D eigenvalue weighted by molar-refractivity contribution is 5.97. The molecule has 0 aliphatic carbocycles. The lowest BCUT2D eigenvalue weighted by atomic mass is 9.86. The fourth-order valence-electron chi connectivity index (χ4n) is 4.27. The van der Waals surface area contributed by atoms with E-state index in [1.54, 1.807) is 13.2 Å². The maximum absolute atomic E-state index is 12.7. The van der Waals surface area contributed by atoms with Crippen LogP contribution in [0.25, 0.3) is 0 Å². The number of ether oxygens (including phenoxy) is 1. The van der Waals surface area contributed by atoms with Gasteiger partial charge < -0.3 is 19.9 Å². The molecule has 0 saturated carbocycles. The van der Waals surface area contributed by atoms with Crippen molar-refractivity contribution in [1.29, 1.82) is 0 Å². The summed E-state index contributed by atoms with van der Waals surface area (Å²) >= 11 is 0. The first-order valence-electron chi connectivity index (χ1n) is 9.56. The van der Waals surface area contributed by atoms with E-state index in [0.29, 0.717) is 37.5 Å². The summed E-state index contributed by atoms with van der Waals surface area (Å²) in [6.07, 6.45) is 1.33. The molecule has 2 aromatic rings. The number of para-hydroxylation sites is 1. The molecule has 2 aliphatic heterocycles. The predicted octanol–water partition coefficient (Wildman–Crippen LogP) is 3.66. The molecule has 6 heteroatoms. The van der Waals surface area contributed by atoms with Gasteiger partial charge in [0.15, 0.2) is 0 Å². The first-order valence-corrected chi connectivity index (χ1v) is 9.56. The number of nitrogens with one attached hydrogen (secondary N) is 1. The average molecular weight is 379 g/mol. The van der Waals surface area contributed by atoms with E-state index in [1.807, 2.05) is 59.2 Å². The van der Waals surface area contributed by atoms with Crippen molar-refractivity contribution in [3.8, 4) is 5.75 Å². The molecule has 6 nitrogen and oxygen atoms in total. The molecule has 0 bridgehead atoms. The molecular formula is C22H25N3O3. The number of carbonyl (C=O) groups excluding carboxylic acids is 2.